The van der Waals surface area contributed by atoms with Crippen molar-refractivity contribution in [2.24, 2.45) is 0 Å². The van der Waals surface area contributed by atoms with Crippen molar-refractivity contribution in [1.82, 2.24) is 20.3 Å². The van der Waals surface area contributed by atoms with Crippen LogP contribution in [0.15, 0.2) is 54.9 Å². The molecule has 28 heavy (non-hydrogen) atoms. The maximum absolute atomic E-state index is 10.9. The molecule has 1 aromatic heterocycles. The van der Waals surface area contributed by atoms with Crippen LogP contribution < -0.4 is 15.4 Å². The molecule has 0 aliphatic heterocycles. The van der Waals surface area contributed by atoms with Crippen molar-refractivity contribution in [1.29, 1.82) is 0 Å². The number of anilines is 1. The van der Waals surface area contributed by atoms with Crippen LogP contribution in [-0.2, 0) is 11.4 Å². The van der Waals surface area contributed by atoms with E-state index in [1.165, 1.54) is 24.4 Å². The number of rotatable bonds is 8. The summed E-state index contributed by atoms with van der Waals surface area (Å²) in [6.07, 6.45) is 1.40. The van der Waals surface area contributed by atoms with Crippen LogP contribution >= 0.6 is 0 Å². The number of hydrogen-bond donors (Lipinski definition) is 2. The normalized spacial score (nSPS) is 10.4. The van der Waals surface area contributed by atoms with E-state index in [1.807, 2.05) is 30.3 Å². The molecule has 0 saturated carbocycles. The van der Waals surface area contributed by atoms with Gasteiger partial charge in [0.05, 0.1) is 0 Å². The predicted octanol–water partition coefficient (Wildman–Crippen LogP) is 2.97. The maximum atomic E-state index is 10.9. The van der Waals surface area contributed by atoms with Crippen molar-refractivity contribution < 1.29 is 9.53 Å². The van der Waals surface area contributed by atoms with Crippen molar-refractivity contribution in [3.8, 4) is 17.1 Å². The molecule has 7 nitrogen and oxygen atoms in total. The SMILES string of the molecule is CC(=O)NCCNc1ncnc(OCc2cccc(-c3ccccc3)c2C)n1. The van der Waals surface area contributed by atoms with Gasteiger partial charge in [-0.25, -0.2) is 4.98 Å². The van der Waals surface area contributed by atoms with Crippen LogP contribution in [0.25, 0.3) is 11.1 Å². The average molecular weight is 377 g/mol. The molecule has 0 aliphatic rings. The summed E-state index contributed by atoms with van der Waals surface area (Å²) in [6, 6.07) is 16.7. The summed E-state index contributed by atoms with van der Waals surface area (Å²) < 4.78 is 5.78. The number of nitrogens with one attached hydrogen (secondary N) is 2. The lowest BCUT2D eigenvalue weighted by Gasteiger charge is -2.12. The number of amides is 1. The van der Waals surface area contributed by atoms with Crippen molar-refractivity contribution >= 4 is 11.9 Å². The van der Waals surface area contributed by atoms with Gasteiger partial charge in [0, 0.05) is 20.0 Å². The molecule has 2 N–H and O–H groups in total. The van der Waals surface area contributed by atoms with E-state index >= 15 is 0 Å². The molecule has 3 aromatic rings. The topological polar surface area (TPSA) is 89.0 Å². The Kier molecular flexibility index (Phi) is 6.51. The summed E-state index contributed by atoms with van der Waals surface area (Å²) in [5.41, 5.74) is 4.59. The molecule has 0 saturated heterocycles. The highest BCUT2D eigenvalue weighted by Gasteiger charge is 2.08. The molecule has 3 rings (SSSR count). The molecular weight excluding hydrogens is 354 g/mol. The van der Waals surface area contributed by atoms with Gasteiger partial charge in [-0.05, 0) is 29.2 Å². The fourth-order valence-electron chi connectivity index (χ4n) is 2.76. The monoisotopic (exact) mass is 377 g/mol. The van der Waals surface area contributed by atoms with Crippen molar-refractivity contribution in [3.63, 3.8) is 0 Å². The number of hydrogen-bond acceptors (Lipinski definition) is 6. The van der Waals surface area contributed by atoms with Gasteiger partial charge in [0.2, 0.25) is 11.9 Å². The number of carbonyl (C=O) groups is 1. The van der Waals surface area contributed by atoms with E-state index in [-0.39, 0.29) is 11.9 Å². The summed E-state index contributed by atoms with van der Waals surface area (Å²) in [7, 11) is 0. The molecular formula is C21H23N5O2. The van der Waals surface area contributed by atoms with E-state index in [2.05, 4.69) is 50.7 Å². The fourth-order valence-corrected chi connectivity index (χ4v) is 2.76. The first kappa shape index (κ1) is 19.3. The number of aromatic nitrogens is 3. The summed E-state index contributed by atoms with van der Waals surface area (Å²) in [5.74, 6) is 0.333. The Balaban J connectivity index is 1.63. The third-order valence-electron chi connectivity index (χ3n) is 4.22. The highest BCUT2D eigenvalue weighted by atomic mass is 16.5. The minimum atomic E-state index is -0.0745. The van der Waals surface area contributed by atoms with Gasteiger partial charge in [0.15, 0.2) is 0 Å². The first-order valence-corrected chi connectivity index (χ1v) is 9.07. The van der Waals surface area contributed by atoms with E-state index in [0.717, 1.165) is 11.1 Å². The summed E-state index contributed by atoms with van der Waals surface area (Å²) >= 11 is 0. The van der Waals surface area contributed by atoms with Gasteiger partial charge in [-0.1, -0.05) is 48.5 Å². The van der Waals surface area contributed by atoms with Crippen LogP contribution in [0.3, 0.4) is 0 Å². The predicted molar refractivity (Wildman–Crippen MR) is 108 cm³/mol. The zero-order valence-electron chi connectivity index (χ0n) is 16.0. The Morgan fingerprint density at radius 3 is 2.64 bits per heavy atom. The van der Waals surface area contributed by atoms with Gasteiger partial charge in [0.1, 0.15) is 12.9 Å². The second-order valence-corrected chi connectivity index (χ2v) is 6.25. The first-order chi connectivity index (χ1) is 13.6. The molecule has 0 atom stereocenters. The molecule has 0 fully saturated rings. The minimum Gasteiger partial charge on any atom is -0.458 e. The summed E-state index contributed by atoms with van der Waals surface area (Å²) in [5, 5.41) is 5.72. The van der Waals surface area contributed by atoms with E-state index < -0.39 is 0 Å². The van der Waals surface area contributed by atoms with Crippen LogP contribution in [0.2, 0.25) is 0 Å². The van der Waals surface area contributed by atoms with Gasteiger partial charge < -0.3 is 15.4 Å². The van der Waals surface area contributed by atoms with Crippen LogP contribution in [0.5, 0.6) is 6.01 Å². The van der Waals surface area contributed by atoms with Crippen LogP contribution in [0.1, 0.15) is 18.1 Å². The van der Waals surface area contributed by atoms with Crippen molar-refractivity contribution in [2.75, 3.05) is 18.4 Å². The standard InChI is InChI=1S/C21H23N5O2/c1-15-18(9-6-10-19(15)17-7-4-3-5-8-17)13-28-21-25-14-24-20(26-21)23-12-11-22-16(2)27/h3-10,14H,11-13H2,1-2H3,(H,22,27)(H,23,24,25,26). The highest BCUT2D eigenvalue weighted by molar-refractivity contribution is 5.72. The zero-order valence-corrected chi connectivity index (χ0v) is 16.0. The third kappa shape index (κ3) is 5.26. The van der Waals surface area contributed by atoms with Crippen molar-refractivity contribution in [2.45, 2.75) is 20.5 Å². The Bertz CT molecular complexity index is 931. The molecule has 144 valence electrons. The van der Waals surface area contributed by atoms with E-state index in [9.17, 15) is 4.79 Å². The molecule has 0 aliphatic carbocycles. The largest absolute Gasteiger partial charge is 0.458 e. The Morgan fingerprint density at radius 2 is 1.86 bits per heavy atom. The van der Waals surface area contributed by atoms with E-state index in [0.29, 0.717) is 25.6 Å². The zero-order chi connectivity index (χ0) is 19.8. The average Bonchev–Trinajstić information content (AvgIpc) is 2.71. The van der Waals surface area contributed by atoms with Gasteiger partial charge >= 0.3 is 6.01 Å². The molecule has 1 heterocycles. The second kappa shape index (κ2) is 9.45. The lowest BCUT2D eigenvalue weighted by molar-refractivity contribution is -0.118. The molecule has 0 radical (unpaired) electrons. The molecule has 2 aromatic carbocycles. The maximum Gasteiger partial charge on any atom is 0.321 e. The molecule has 1 amide bonds. The summed E-state index contributed by atoms with van der Waals surface area (Å²) in [4.78, 5) is 23.2. The number of ether oxygens (including phenoxy) is 1. The Hall–Kier alpha value is -3.48. The third-order valence-corrected chi connectivity index (χ3v) is 4.22. The smallest absolute Gasteiger partial charge is 0.321 e. The Morgan fingerprint density at radius 1 is 1.04 bits per heavy atom. The quantitative estimate of drug-likeness (QED) is 0.587. The van der Waals surface area contributed by atoms with Crippen LogP contribution in [0.4, 0.5) is 5.95 Å². The number of carbonyl (C=O) groups excluding carboxylic acids is 1. The Labute approximate surface area is 164 Å². The van der Waals surface area contributed by atoms with Crippen LogP contribution in [-0.4, -0.2) is 33.9 Å². The fraction of sp³-hybridized carbons (Fsp3) is 0.238. The van der Waals surface area contributed by atoms with Gasteiger partial charge in [-0.2, -0.15) is 9.97 Å². The molecule has 0 bridgehead atoms. The van der Waals surface area contributed by atoms with Crippen LogP contribution in [0, 0.1) is 6.92 Å². The number of nitrogens with zero attached hydrogens (tertiary/aromatic N) is 3. The van der Waals surface area contributed by atoms with Gasteiger partial charge in [-0.3, -0.25) is 4.79 Å². The first-order valence-electron chi connectivity index (χ1n) is 9.07. The van der Waals surface area contributed by atoms with Crippen molar-refractivity contribution in [3.05, 3.63) is 66.0 Å². The molecule has 0 unspecified atom stereocenters. The molecule has 0 spiro atoms. The van der Waals surface area contributed by atoms with E-state index in [4.69, 9.17) is 4.74 Å². The number of benzene rings is 2. The lowest BCUT2D eigenvalue weighted by Crippen LogP contribution is -2.26. The highest BCUT2D eigenvalue weighted by Crippen LogP contribution is 2.26. The van der Waals surface area contributed by atoms with E-state index in [1.54, 1.807) is 0 Å². The molecule has 7 heteroatoms. The van der Waals surface area contributed by atoms with Gasteiger partial charge in [-0.15, -0.1) is 0 Å². The van der Waals surface area contributed by atoms with Gasteiger partial charge in [0.25, 0.3) is 0 Å². The minimum absolute atomic E-state index is 0.0745. The summed E-state index contributed by atoms with van der Waals surface area (Å²) in [6.45, 7) is 4.93. The second-order valence-electron chi connectivity index (χ2n) is 6.25. The lowest BCUT2D eigenvalue weighted by atomic mass is 9.97.